The summed E-state index contributed by atoms with van der Waals surface area (Å²) < 4.78 is 17.1. The lowest BCUT2D eigenvalue weighted by Gasteiger charge is -2.32. The molecule has 5 nitrogen and oxygen atoms in total. The van der Waals surface area contributed by atoms with Crippen LogP contribution < -0.4 is 4.74 Å². The Hall–Kier alpha value is -1.75. The summed E-state index contributed by atoms with van der Waals surface area (Å²) in [6, 6.07) is 6.11. The number of fused-ring (bicyclic) bond motifs is 1. The van der Waals surface area contributed by atoms with Crippen molar-refractivity contribution in [2.75, 3.05) is 6.54 Å². The molecule has 0 aromatic heterocycles. The fourth-order valence-electron chi connectivity index (χ4n) is 3.17. The van der Waals surface area contributed by atoms with E-state index < -0.39 is 5.79 Å². The van der Waals surface area contributed by atoms with E-state index in [9.17, 15) is 4.79 Å². The highest BCUT2D eigenvalue weighted by Crippen LogP contribution is 2.35. The monoisotopic (exact) mass is 332 g/mol. The fraction of sp³-hybridized carbons (Fsp3) is 0.579. The summed E-state index contributed by atoms with van der Waals surface area (Å²) in [5.74, 6) is 0.231. The van der Waals surface area contributed by atoms with E-state index in [2.05, 4.69) is 13.8 Å². The van der Waals surface area contributed by atoms with Crippen molar-refractivity contribution in [3.63, 3.8) is 0 Å². The summed E-state index contributed by atoms with van der Waals surface area (Å²) in [5.41, 5.74) is 1.98. The van der Waals surface area contributed by atoms with Gasteiger partial charge in [0.05, 0.1) is 13.2 Å². The summed E-state index contributed by atoms with van der Waals surface area (Å²) in [4.78, 5) is 14.0. The average Bonchev–Trinajstić information content (AvgIpc) is 2.93. The fourth-order valence-corrected chi connectivity index (χ4v) is 3.17. The molecule has 1 aromatic rings. The first-order chi connectivity index (χ1) is 11.4. The minimum Gasteiger partial charge on any atom is -0.463 e. The summed E-state index contributed by atoms with van der Waals surface area (Å²) in [6.07, 6.45) is 2.38. The third-order valence-electron chi connectivity index (χ3n) is 4.63. The molecule has 3 rings (SSSR count). The molecule has 1 fully saturated rings. The molecular weight excluding hydrogens is 306 g/mol. The van der Waals surface area contributed by atoms with E-state index in [-0.39, 0.29) is 18.2 Å². The van der Waals surface area contributed by atoms with Gasteiger partial charge in [-0.1, -0.05) is 25.8 Å². The Labute approximate surface area is 143 Å². The minimum absolute atomic E-state index is 0.175. The Kier molecular flexibility index (Phi) is 4.72. The highest BCUT2D eigenvalue weighted by molar-refractivity contribution is 5.70. The Morgan fingerprint density at radius 2 is 2.21 bits per heavy atom. The molecule has 1 amide bonds. The Morgan fingerprint density at radius 1 is 1.42 bits per heavy atom. The zero-order chi connectivity index (χ0) is 17.3. The van der Waals surface area contributed by atoms with E-state index in [1.165, 1.54) is 0 Å². The third kappa shape index (κ3) is 3.51. The number of carbonyl (C=O) groups excluding carboxylic acids is 1. The van der Waals surface area contributed by atoms with Gasteiger partial charge in [0.15, 0.2) is 0 Å². The van der Waals surface area contributed by atoms with E-state index in [0.29, 0.717) is 13.2 Å². The highest BCUT2D eigenvalue weighted by Gasteiger charge is 2.36. The van der Waals surface area contributed by atoms with Gasteiger partial charge in [0.25, 0.3) is 0 Å². The van der Waals surface area contributed by atoms with Crippen LogP contribution in [0.3, 0.4) is 0 Å². The second kappa shape index (κ2) is 6.63. The van der Waals surface area contributed by atoms with E-state index >= 15 is 0 Å². The van der Waals surface area contributed by atoms with Crippen LogP contribution in [0.4, 0.5) is 4.79 Å². The highest BCUT2D eigenvalue weighted by atomic mass is 16.7. The van der Waals surface area contributed by atoms with Gasteiger partial charge in [-0.15, -0.1) is 0 Å². The molecule has 2 atom stereocenters. The van der Waals surface area contributed by atoms with Crippen LogP contribution in [0.1, 0.15) is 57.3 Å². The largest absolute Gasteiger partial charge is 0.463 e. The molecule has 0 aliphatic carbocycles. The molecule has 1 saturated heterocycles. The predicted octanol–water partition coefficient (Wildman–Crippen LogP) is 4.22. The van der Waals surface area contributed by atoms with Crippen LogP contribution in [0.5, 0.6) is 5.75 Å². The molecule has 5 heteroatoms. The standard InChI is InChI=1S/C19H26NO4/c1-5-6-7-13(2)20-11-17(23-18(20)21)14-8-9-16-15(10-14)12-22-19(3,4)24-16/h8-10,13,17H,1,5-7,11-12H2,2-4H3/t13-,17?/m1/s1. The minimum atomic E-state index is -0.602. The number of benzene rings is 1. The first-order valence-corrected chi connectivity index (χ1v) is 8.62. The van der Waals surface area contributed by atoms with Crippen molar-refractivity contribution in [3.8, 4) is 5.75 Å². The number of unbranched alkanes of at least 4 members (excludes halogenated alkanes) is 1. The van der Waals surface area contributed by atoms with Gasteiger partial charge >= 0.3 is 6.09 Å². The van der Waals surface area contributed by atoms with Gasteiger partial charge in [-0.05, 0) is 31.0 Å². The van der Waals surface area contributed by atoms with Crippen LogP contribution in [0.15, 0.2) is 18.2 Å². The topological polar surface area (TPSA) is 48.0 Å². The van der Waals surface area contributed by atoms with Crippen LogP contribution in [0.2, 0.25) is 0 Å². The van der Waals surface area contributed by atoms with E-state index in [1.54, 1.807) is 0 Å². The summed E-state index contributed by atoms with van der Waals surface area (Å²) in [5, 5.41) is 0. The molecule has 0 bridgehead atoms. The maximum Gasteiger partial charge on any atom is 0.410 e. The number of amides is 1. The molecule has 1 radical (unpaired) electrons. The maximum absolute atomic E-state index is 12.2. The van der Waals surface area contributed by atoms with Crippen molar-refractivity contribution in [1.29, 1.82) is 0 Å². The van der Waals surface area contributed by atoms with Gasteiger partial charge in [0.2, 0.25) is 5.79 Å². The average molecular weight is 332 g/mol. The molecule has 2 aliphatic rings. The van der Waals surface area contributed by atoms with Gasteiger partial charge in [-0.25, -0.2) is 4.79 Å². The molecule has 1 unspecified atom stereocenters. The van der Waals surface area contributed by atoms with Crippen LogP contribution in [0.25, 0.3) is 0 Å². The first-order valence-electron chi connectivity index (χ1n) is 8.62. The van der Waals surface area contributed by atoms with Crippen LogP contribution >= 0.6 is 0 Å². The second-order valence-electron chi connectivity index (χ2n) is 7.03. The van der Waals surface area contributed by atoms with Crippen LogP contribution in [0, 0.1) is 6.92 Å². The van der Waals surface area contributed by atoms with Gasteiger partial charge in [-0.3, -0.25) is 0 Å². The zero-order valence-electron chi connectivity index (χ0n) is 14.7. The number of nitrogens with zero attached hydrogens (tertiary/aromatic N) is 1. The molecule has 24 heavy (non-hydrogen) atoms. The molecule has 2 aliphatic heterocycles. The first kappa shape index (κ1) is 17.1. The number of cyclic esters (lactones) is 1. The summed E-state index contributed by atoms with van der Waals surface area (Å²) in [6.45, 7) is 10.8. The molecular formula is C19H26NO4. The second-order valence-corrected chi connectivity index (χ2v) is 7.03. The van der Waals surface area contributed by atoms with Crippen molar-refractivity contribution in [3.05, 3.63) is 36.2 Å². The Morgan fingerprint density at radius 3 is 2.96 bits per heavy atom. The van der Waals surface area contributed by atoms with Crippen molar-refractivity contribution in [2.24, 2.45) is 0 Å². The number of hydrogen-bond acceptors (Lipinski definition) is 4. The van der Waals surface area contributed by atoms with Crippen LogP contribution in [-0.4, -0.2) is 29.4 Å². The summed E-state index contributed by atoms with van der Waals surface area (Å²) in [7, 11) is 0. The van der Waals surface area contributed by atoms with Gasteiger partial charge < -0.3 is 19.1 Å². The number of hydrogen-bond donors (Lipinski definition) is 0. The van der Waals surface area contributed by atoms with Crippen molar-refractivity contribution >= 4 is 6.09 Å². The SMILES string of the molecule is [CH2]CCC[C@@H](C)N1CC(c2ccc3c(c2)COC(C)(C)O3)OC1=O. The predicted molar refractivity (Wildman–Crippen MR) is 90.5 cm³/mol. The van der Waals surface area contributed by atoms with Crippen LogP contribution in [-0.2, 0) is 16.1 Å². The van der Waals surface area contributed by atoms with Gasteiger partial charge in [0.1, 0.15) is 11.9 Å². The number of rotatable bonds is 5. The third-order valence-corrected chi connectivity index (χ3v) is 4.63. The number of ether oxygens (including phenoxy) is 3. The van der Waals surface area contributed by atoms with Gasteiger partial charge in [-0.2, -0.15) is 0 Å². The van der Waals surface area contributed by atoms with Gasteiger partial charge in [0, 0.05) is 25.5 Å². The molecule has 2 heterocycles. The molecule has 1 aromatic carbocycles. The molecule has 0 spiro atoms. The van der Waals surface area contributed by atoms with Crippen molar-refractivity contribution in [1.82, 2.24) is 4.90 Å². The zero-order valence-corrected chi connectivity index (χ0v) is 14.7. The molecule has 0 N–H and O–H groups in total. The Balaban J connectivity index is 1.71. The van der Waals surface area contributed by atoms with Crippen molar-refractivity contribution in [2.45, 2.75) is 64.6 Å². The summed E-state index contributed by atoms with van der Waals surface area (Å²) >= 11 is 0. The lowest BCUT2D eigenvalue weighted by molar-refractivity contribution is -0.180. The molecule has 131 valence electrons. The Bertz CT molecular complexity index is 613. The lowest BCUT2D eigenvalue weighted by atomic mass is 10.0. The lowest BCUT2D eigenvalue weighted by Crippen LogP contribution is -2.35. The van der Waals surface area contributed by atoms with E-state index in [4.69, 9.17) is 14.2 Å². The molecule has 0 saturated carbocycles. The van der Waals surface area contributed by atoms with E-state index in [1.807, 2.05) is 36.9 Å². The maximum atomic E-state index is 12.2. The normalized spacial score (nSPS) is 23.4. The van der Waals surface area contributed by atoms with E-state index in [0.717, 1.165) is 36.1 Å². The smallest absolute Gasteiger partial charge is 0.410 e. The van der Waals surface area contributed by atoms with Crippen molar-refractivity contribution < 1.29 is 19.0 Å². The quantitative estimate of drug-likeness (QED) is 0.810. The number of carbonyl (C=O) groups is 1.